The molecular weight excluding hydrogens is 314 g/mol. The minimum absolute atomic E-state index is 0.0187. The van der Waals surface area contributed by atoms with Gasteiger partial charge in [0.1, 0.15) is 10.7 Å². The third-order valence-corrected chi connectivity index (χ3v) is 5.33. The Morgan fingerprint density at radius 1 is 1.09 bits per heavy atom. The van der Waals surface area contributed by atoms with Crippen molar-refractivity contribution in [3.05, 3.63) is 39.2 Å². The number of likely N-dealkylation sites (tertiary alicyclic amines) is 1. The number of thiazole rings is 1. The number of hydrogen-bond donors (Lipinski definition) is 1. The van der Waals surface area contributed by atoms with Crippen molar-refractivity contribution in [3.63, 3.8) is 0 Å². The van der Waals surface area contributed by atoms with Crippen LogP contribution >= 0.6 is 23.6 Å². The number of nitrogens with zero attached hydrogens (tertiary/aromatic N) is 2. The standard InChI is InChI=1S/C16H19N3OS2/c17-14-13(15(20)18-10-6-1-2-7-11-18)22-16(21)19(14)12-8-4-3-5-9-12/h3-5,8-9H,1-2,6-7,10-11,17H2. The van der Waals surface area contributed by atoms with E-state index in [1.54, 1.807) is 4.57 Å². The van der Waals surface area contributed by atoms with E-state index in [2.05, 4.69) is 0 Å². The van der Waals surface area contributed by atoms with Gasteiger partial charge < -0.3 is 10.6 Å². The lowest BCUT2D eigenvalue weighted by molar-refractivity contribution is 0.0767. The first-order valence-corrected chi connectivity index (χ1v) is 8.77. The molecule has 0 saturated carbocycles. The number of amides is 1. The second-order valence-electron chi connectivity index (χ2n) is 5.46. The van der Waals surface area contributed by atoms with Crippen LogP contribution in [0, 0.1) is 3.95 Å². The van der Waals surface area contributed by atoms with Gasteiger partial charge >= 0.3 is 0 Å². The Bertz CT molecular complexity index is 713. The van der Waals surface area contributed by atoms with E-state index in [1.165, 1.54) is 24.2 Å². The molecule has 0 atom stereocenters. The maximum absolute atomic E-state index is 12.8. The molecule has 1 aliphatic rings. The van der Waals surface area contributed by atoms with Crippen molar-refractivity contribution in [2.45, 2.75) is 25.7 Å². The first kappa shape index (κ1) is 15.2. The van der Waals surface area contributed by atoms with Crippen molar-refractivity contribution in [2.24, 2.45) is 0 Å². The topological polar surface area (TPSA) is 51.3 Å². The van der Waals surface area contributed by atoms with Gasteiger partial charge in [0.25, 0.3) is 5.91 Å². The molecule has 0 spiro atoms. The number of aromatic nitrogens is 1. The number of anilines is 1. The number of nitrogens with two attached hydrogens (primary N) is 1. The molecule has 0 aliphatic carbocycles. The van der Waals surface area contributed by atoms with Gasteiger partial charge in [-0.2, -0.15) is 0 Å². The van der Waals surface area contributed by atoms with Crippen LogP contribution in [-0.4, -0.2) is 28.5 Å². The van der Waals surface area contributed by atoms with Crippen molar-refractivity contribution in [3.8, 4) is 5.69 Å². The monoisotopic (exact) mass is 333 g/mol. The lowest BCUT2D eigenvalue weighted by Crippen LogP contribution is -2.31. The van der Waals surface area contributed by atoms with E-state index in [0.717, 1.165) is 31.6 Å². The third kappa shape index (κ3) is 2.94. The van der Waals surface area contributed by atoms with Crippen LogP contribution in [0.25, 0.3) is 5.69 Å². The molecular formula is C16H19N3OS2. The summed E-state index contributed by atoms with van der Waals surface area (Å²) in [7, 11) is 0. The molecule has 1 fully saturated rings. The van der Waals surface area contributed by atoms with Gasteiger partial charge in [-0.3, -0.25) is 9.36 Å². The maximum atomic E-state index is 12.8. The highest BCUT2D eigenvalue weighted by Gasteiger charge is 2.23. The molecule has 2 aromatic rings. The average Bonchev–Trinajstić information content (AvgIpc) is 2.73. The summed E-state index contributed by atoms with van der Waals surface area (Å²) in [5.74, 6) is 0.473. The van der Waals surface area contributed by atoms with E-state index < -0.39 is 0 Å². The molecule has 116 valence electrons. The van der Waals surface area contributed by atoms with Gasteiger partial charge in [0.15, 0.2) is 3.95 Å². The number of para-hydroxylation sites is 1. The molecule has 1 amide bonds. The fraction of sp³-hybridized carbons (Fsp3) is 0.375. The second-order valence-corrected chi connectivity index (χ2v) is 7.10. The molecule has 2 N–H and O–H groups in total. The van der Waals surface area contributed by atoms with Gasteiger partial charge in [-0.25, -0.2) is 0 Å². The fourth-order valence-corrected chi connectivity index (χ4v) is 4.11. The maximum Gasteiger partial charge on any atom is 0.267 e. The zero-order valence-corrected chi connectivity index (χ0v) is 14.0. The number of rotatable bonds is 2. The normalized spacial score (nSPS) is 15.5. The molecule has 6 heteroatoms. The highest BCUT2D eigenvalue weighted by molar-refractivity contribution is 7.73. The summed E-state index contributed by atoms with van der Waals surface area (Å²) in [5, 5.41) is 0. The predicted molar refractivity (Wildman–Crippen MR) is 93.3 cm³/mol. The van der Waals surface area contributed by atoms with E-state index in [1.807, 2.05) is 35.2 Å². The zero-order valence-electron chi connectivity index (χ0n) is 12.3. The lowest BCUT2D eigenvalue weighted by Gasteiger charge is -2.19. The summed E-state index contributed by atoms with van der Waals surface area (Å²) in [4.78, 5) is 15.2. The Kier molecular flexibility index (Phi) is 4.59. The van der Waals surface area contributed by atoms with Crippen molar-refractivity contribution in [1.82, 2.24) is 9.47 Å². The lowest BCUT2D eigenvalue weighted by atomic mass is 10.2. The van der Waals surface area contributed by atoms with Crippen LogP contribution in [0.4, 0.5) is 5.82 Å². The molecule has 0 unspecified atom stereocenters. The molecule has 1 aliphatic heterocycles. The smallest absolute Gasteiger partial charge is 0.267 e. The molecule has 1 aromatic heterocycles. The molecule has 1 aromatic carbocycles. The van der Waals surface area contributed by atoms with E-state index in [-0.39, 0.29) is 5.91 Å². The van der Waals surface area contributed by atoms with Crippen LogP contribution < -0.4 is 5.73 Å². The Morgan fingerprint density at radius 3 is 2.36 bits per heavy atom. The van der Waals surface area contributed by atoms with E-state index >= 15 is 0 Å². The fourth-order valence-electron chi connectivity index (χ4n) is 2.78. The molecule has 22 heavy (non-hydrogen) atoms. The Labute approximate surface area is 139 Å². The molecule has 1 saturated heterocycles. The van der Waals surface area contributed by atoms with Gasteiger partial charge in [-0.05, 0) is 37.2 Å². The van der Waals surface area contributed by atoms with Crippen LogP contribution in [0.3, 0.4) is 0 Å². The number of benzene rings is 1. The van der Waals surface area contributed by atoms with Crippen LogP contribution in [0.5, 0.6) is 0 Å². The quantitative estimate of drug-likeness (QED) is 0.849. The van der Waals surface area contributed by atoms with Gasteiger partial charge in [0.05, 0.1) is 0 Å². The average molecular weight is 333 g/mol. The van der Waals surface area contributed by atoms with Gasteiger partial charge in [0.2, 0.25) is 0 Å². The number of carbonyl (C=O) groups is 1. The summed E-state index contributed by atoms with van der Waals surface area (Å²) in [6.45, 7) is 1.63. The SMILES string of the molecule is Nc1c(C(=O)N2CCCCCC2)sc(=S)n1-c1ccccc1. The molecule has 3 rings (SSSR count). The van der Waals surface area contributed by atoms with Crippen LogP contribution in [0.15, 0.2) is 30.3 Å². The van der Waals surface area contributed by atoms with Crippen LogP contribution in [-0.2, 0) is 0 Å². The second kappa shape index (κ2) is 6.62. The van der Waals surface area contributed by atoms with E-state index in [9.17, 15) is 4.79 Å². The summed E-state index contributed by atoms with van der Waals surface area (Å²) < 4.78 is 2.40. The van der Waals surface area contributed by atoms with Crippen molar-refractivity contribution >= 4 is 35.3 Å². The number of hydrogen-bond acceptors (Lipinski definition) is 4. The van der Waals surface area contributed by atoms with Crippen molar-refractivity contribution in [2.75, 3.05) is 18.8 Å². The van der Waals surface area contributed by atoms with Gasteiger partial charge in [0, 0.05) is 18.8 Å². The Hall–Kier alpha value is -1.66. The molecule has 0 bridgehead atoms. The molecule has 2 heterocycles. The minimum Gasteiger partial charge on any atom is -0.383 e. The number of carbonyl (C=O) groups excluding carboxylic acids is 1. The summed E-state index contributed by atoms with van der Waals surface area (Å²) in [6, 6.07) is 9.70. The first-order chi connectivity index (χ1) is 10.7. The van der Waals surface area contributed by atoms with Crippen molar-refractivity contribution < 1.29 is 4.79 Å². The van der Waals surface area contributed by atoms with Gasteiger partial charge in [-0.15, -0.1) is 0 Å². The third-order valence-electron chi connectivity index (χ3n) is 3.95. The highest BCUT2D eigenvalue weighted by atomic mass is 32.1. The van der Waals surface area contributed by atoms with Crippen LogP contribution in [0.2, 0.25) is 0 Å². The molecule has 0 radical (unpaired) electrons. The first-order valence-electron chi connectivity index (χ1n) is 7.54. The predicted octanol–water partition coefficient (Wildman–Crippen LogP) is 3.87. The van der Waals surface area contributed by atoms with E-state index in [4.69, 9.17) is 18.0 Å². The summed E-state index contributed by atoms with van der Waals surface area (Å²) >= 11 is 6.73. The highest BCUT2D eigenvalue weighted by Crippen LogP contribution is 2.28. The summed E-state index contributed by atoms with van der Waals surface area (Å²) in [5.41, 5.74) is 7.14. The van der Waals surface area contributed by atoms with E-state index in [0.29, 0.717) is 14.6 Å². The zero-order chi connectivity index (χ0) is 15.5. The number of nitrogen functional groups attached to an aromatic ring is 1. The Balaban J connectivity index is 1.95. The minimum atomic E-state index is 0.0187. The largest absolute Gasteiger partial charge is 0.383 e. The Morgan fingerprint density at radius 2 is 1.73 bits per heavy atom. The molecule has 4 nitrogen and oxygen atoms in total. The van der Waals surface area contributed by atoms with Gasteiger partial charge in [-0.1, -0.05) is 42.4 Å². The van der Waals surface area contributed by atoms with Crippen molar-refractivity contribution in [1.29, 1.82) is 0 Å². The summed E-state index contributed by atoms with van der Waals surface area (Å²) in [6.07, 6.45) is 4.52. The van der Waals surface area contributed by atoms with Crippen LogP contribution in [0.1, 0.15) is 35.4 Å².